The number of unbranched alkanes of at least 4 members (excludes halogenated alkanes) is 2. The van der Waals surface area contributed by atoms with Gasteiger partial charge < -0.3 is 9.74 Å². The van der Waals surface area contributed by atoms with Crippen molar-refractivity contribution in [2.24, 2.45) is 11.8 Å². The predicted molar refractivity (Wildman–Crippen MR) is 122 cm³/mol. The molecule has 0 aromatic heterocycles. The molecule has 1 saturated heterocycles. The van der Waals surface area contributed by atoms with E-state index in [1.807, 2.05) is 0 Å². The minimum atomic E-state index is -1.73. The molecule has 1 aliphatic carbocycles. The lowest BCUT2D eigenvalue weighted by Crippen LogP contribution is -2.59. The molecule has 0 amide bonds. The highest BCUT2D eigenvalue weighted by Crippen LogP contribution is 2.42. The van der Waals surface area contributed by atoms with Gasteiger partial charge in [-0.2, -0.15) is 0 Å². The Morgan fingerprint density at radius 3 is 2.56 bits per heavy atom. The lowest BCUT2D eigenvalue weighted by molar-refractivity contribution is 0.0320. The maximum atomic E-state index is 6.86. The van der Waals surface area contributed by atoms with Gasteiger partial charge >= 0.3 is 0 Å². The topological polar surface area (TPSA) is 21.3 Å². The van der Waals surface area contributed by atoms with Gasteiger partial charge in [-0.3, -0.25) is 0 Å². The van der Waals surface area contributed by atoms with Crippen LogP contribution in [0.3, 0.4) is 0 Å². The maximum Gasteiger partial charge on any atom is 0.192 e. The van der Waals surface area contributed by atoms with Crippen LogP contribution in [-0.2, 0) is 4.43 Å². The molecule has 1 saturated carbocycles. The minimum absolute atomic E-state index is 0.277. The molecule has 2 nitrogen and oxygen atoms in total. The van der Waals surface area contributed by atoms with E-state index in [1.165, 1.54) is 44.9 Å². The smallest absolute Gasteiger partial charge is 0.192 e. The summed E-state index contributed by atoms with van der Waals surface area (Å²) >= 11 is 0. The fraction of sp³-hybridized carbons (Fsp3) is 0.833. The van der Waals surface area contributed by atoms with E-state index in [9.17, 15) is 0 Å². The zero-order valence-corrected chi connectivity index (χ0v) is 20.1. The van der Waals surface area contributed by atoms with Crippen molar-refractivity contribution in [1.82, 2.24) is 5.32 Å². The Morgan fingerprint density at radius 2 is 1.89 bits per heavy atom. The molecule has 2 rings (SSSR count). The third-order valence-corrected chi connectivity index (χ3v) is 11.7. The second kappa shape index (κ2) is 9.89. The van der Waals surface area contributed by atoms with Gasteiger partial charge in [0.1, 0.15) is 0 Å². The Labute approximate surface area is 170 Å². The largest absolute Gasteiger partial charge is 0.412 e. The van der Waals surface area contributed by atoms with Crippen LogP contribution in [0.15, 0.2) is 24.3 Å². The summed E-state index contributed by atoms with van der Waals surface area (Å²) < 4.78 is 6.86. The highest BCUT2D eigenvalue weighted by Gasteiger charge is 2.45. The normalized spacial score (nSPS) is 32.9. The van der Waals surface area contributed by atoms with Gasteiger partial charge in [0.05, 0.1) is 6.10 Å². The SMILES string of the molecule is CCCC/C=C/C=C/[C@@H]1CCC[C@H]2N[C@@H](C)[C@H](O[Si](C)(C)C(C)(C)C)C[C@@H]12. The maximum absolute atomic E-state index is 6.86. The second-order valence-corrected chi connectivity index (χ2v) is 15.2. The van der Waals surface area contributed by atoms with Crippen molar-refractivity contribution >= 4 is 8.32 Å². The van der Waals surface area contributed by atoms with Crippen molar-refractivity contribution in [3.63, 3.8) is 0 Å². The molecule has 2 fully saturated rings. The highest BCUT2D eigenvalue weighted by molar-refractivity contribution is 6.74. The molecule has 0 spiro atoms. The van der Waals surface area contributed by atoms with Gasteiger partial charge in [0.2, 0.25) is 0 Å². The summed E-state index contributed by atoms with van der Waals surface area (Å²) in [6, 6.07) is 1.14. The first-order valence-electron chi connectivity index (χ1n) is 11.4. The molecule has 27 heavy (non-hydrogen) atoms. The highest BCUT2D eigenvalue weighted by atomic mass is 28.4. The predicted octanol–water partition coefficient (Wildman–Crippen LogP) is 6.85. The van der Waals surface area contributed by atoms with Gasteiger partial charge in [-0.25, -0.2) is 0 Å². The van der Waals surface area contributed by atoms with Crippen LogP contribution in [0, 0.1) is 11.8 Å². The number of fused-ring (bicyclic) bond motifs is 1. The van der Waals surface area contributed by atoms with Crippen LogP contribution < -0.4 is 5.32 Å². The molecule has 1 N–H and O–H groups in total. The summed E-state index contributed by atoms with van der Waals surface area (Å²) in [6.45, 7) is 16.4. The number of nitrogens with one attached hydrogen (secondary N) is 1. The van der Waals surface area contributed by atoms with Crippen molar-refractivity contribution in [2.75, 3.05) is 0 Å². The number of piperidine rings is 1. The molecule has 5 atom stereocenters. The fourth-order valence-corrected chi connectivity index (χ4v) is 5.82. The van der Waals surface area contributed by atoms with Gasteiger partial charge in [0, 0.05) is 12.1 Å². The minimum Gasteiger partial charge on any atom is -0.412 e. The molecule has 2 aliphatic rings. The van der Waals surface area contributed by atoms with Crippen LogP contribution in [0.2, 0.25) is 18.1 Å². The van der Waals surface area contributed by atoms with Crippen molar-refractivity contribution in [2.45, 2.75) is 116 Å². The lowest BCUT2D eigenvalue weighted by Gasteiger charge is -2.49. The zero-order chi connectivity index (χ0) is 20.1. The number of hydrogen-bond acceptors (Lipinski definition) is 2. The van der Waals surface area contributed by atoms with Crippen LogP contribution in [0.5, 0.6) is 0 Å². The number of rotatable bonds is 7. The zero-order valence-electron chi connectivity index (χ0n) is 19.1. The summed E-state index contributed by atoms with van der Waals surface area (Å²) in [5, 5.41) is 4.21. The summed E-state index contributed by atoms with van der Waals surface area (Å²) in [5.41, 5.74) is 0. The Kier molecular flexibility index (Phi) is 8.39. The lowest BCUT2D eigenvalue weighted by atomic mass is 9.70. The summed E-state index contributed by atoms with van der Waals surface area (Å²) in [5.74, 6) is 1.43. The van der Waals surface area contributed by atoms with Gasteiger partial charge in [-0.1, -0.05) is 71.3 Å². The fourth-order valence-electron chi connectivity index (χ4n) is 4.41. The Balaban J connectivity index is 2.01. The van der Waals surface area contributed by atoms with Crippen molar-refractivity contribution in [1.29, 1.82) is 0 Å². The Hall–Kier alpha value is -0.383. The van der Waals surface area contributed by atoms with Gasteiger partial charge in [-0.15, -0.1) is 0 Å². The van der Waals surface area contributed by atoms with Crippen molar-refractivity contribution in [3.8, 4) is 0 Å². The molecule has 0 aromatic carbocycles. The van der Waals surface area contributed by atoms with E-state index in [0.717, 1.165) is 5.92 Å². The van der Waals surface area contributed by atoms with Gasteiger partial charge in [0.15, 0.2) is 8.32 Å². The summed E-state index contributed by atoms with van der Waals surface area (Å²) in [7, 11) is -1.73. The van der Waals surface area contributed by atoms with Crippen LogP contribution in [0.25, 0.3) is 0 Å². The quantitative estimate of drug-likeness (QED) is 0.291. The Bertz CT molecular complexity index is 505. The van der Waals surface area contributed by atoms with E-state index >= 15 is 0 Å². The second-order valence-electron chi connectivity index (χ2n) is 10.4. The Morgan fingerprint density at radius 1 is 1.15 bits per heavy atom. The molecule has 1 aliphatic heterocycles. The average molecular weight is 392 g/mol. The van der Waals surface area contributed by atoms with E-state index in [2.05, 4.69) is 77.3 Å². The molecular formula is C24H45NOSi. The van der Waals surface area contributed by atoms with Gasteiger partial charge in [0.25, 0.3) is 0 Å². The number of allylic oxidation sites excluding steroid dienone is 4. The third-order valence-electron chi connectivity index (χ3n) is 7.24. The van der Waals surface area contributed by atoms with Crippen LogP contribution >= 0.6 is 0 Å². The summed E-state index contributed by atoms with van der Waals surface area (Å²) in [6.07, 6.45) is 18.8. The number of hydrogen-bond donors (Lipinski definition) is 1. The monoisotopic (exact) mass is 391 g/mol. The molecular weight excluding hydrogens is 346 g/mol. The van der Waals surface area contributed by atoms with Crippen LogP contribution in [-0.4, -0.2) is 26.5 Å². The molecule has 0 unspecified atom stereocenters. The van der Waals surface area contributed by atoms with Crippen molar-refractivity contribution in [3.05, 3.63) is 24.3 Å². The first-order chi connectivity index (χ1) is 12.7. The molecule has 0 bridgehead atoms. The van der Waals surface area contributed by atoms with Gasteiger partial charge in [-0.05, 0) is 62.6 Å². The van der Waals surface area contributed by atoms with E-state index < -0.39 is 8.32 Å². The molecule has 3 heteroatoms. The molecule has 0 radical (unpaired) electrons. The third kappa shape index (κ3) is 6.30. The average Bonchev–Trinajstić information content (AvgIpc) is 2.57. The molecule has 156 valence electrons. The van der Waals surface area contributed by atoms with E-state index in [1.54, 1.807) is 0 Å². The summed E-state index contributed by atoms with van der Waals surface area (Å²) in [4.78, 5) is 0. The van der Waals surface area contributed by atoms with E-state index in [0.29, 0.717) is 24.1 Å². The van der Waals surface area contributed by atoms with Crippen LogP contribution in [0.1, 0.15) is 79.6 Å². The standard InChI is InChI=1S/C24H45NOSi/c1-8-9-10-11-12-13-15-20-16-14-17-22-21(20)18-23(19(2)25-22)26-27(6,7)24(3,4)5/h11-13,15,19-23,25H,8-10,14,16-18H2,1-7H3/b12-11+,15-13+/t19-,20+,21-,22+,23+/m0/s1. The first-order valence-corrected chi connectivity index (χ1v) is 14.3. The van der Waals surface area contributed by atoms with E-state index in [4.69, 9.17) is 4.43 Å². The van der Waals surface area contributed by atoms with Crippen molar-refractivity contribution < 1.29 is 4.43 Å². The van der Waals surface area contributed by atoms with Crippen LogP contribution in [0.4, 0.5) is 0 Å². The van der Waals surface area contributed by atoms with E-state index in [-0.39, 0.29) is 5.04 Å². The first kappa shape index (κ1) is 22.9. The molecule has 0 aromatic rings. The molecule has 1 heterocycles.